The molecule has 0 amide bonds. The Hall–Kier alpha value is -2.49. The molecule has 0 spiro atoms. The van der Waals surface area contributed by atoms with Crippen molar-refractivity contribution in [2.45, 2.75) is 50.1 Å². The highest BCUT2D eigenvalue weighted by Gasteiger charge is 2.37. The van der Waals surface area contributed by atoms with Crippen molar-refractivity contribution in [2.75, 3.05) is 17.5 Å². The third-order valence-corrected chi connectivity index (χ3v) is 7.87. The second kappa shape index (κ2) is 9.04. The number of sulfonamides is 1. The highest BCUT2D eigenvalue weighted by Crippen LogP contribution is 2.41. The number of halogens is 2. The normalized spacial score (nSPS) is 17.2. The number of anilines is 1. The zero-order valence-electron chi connectivity index (χ0n) is 18.7. The molecule has 3 aromatic rings. The molecule has 7 nitrogen and oxygen atoms in total. The van der Waals surface area contributed by atoms with E-state index in [2.05, 4.69) is 10.2 Å². The standard InChI is InChI=1S/C23H26ClFN4O3S/c1-23(2,3)29(33(30,31)17-9-5-4-6-10-17)21-13-20(25)19(24)12-18(21)22-27-26-15-28(22)16-8-7-11-32-14-16/h4-6,9-10,12-13,15-16H,7-8,11,14H2,1-3H3. The fourth-order valence-electron chi connectivity index (χ4n) is 4.08. The van der Waals surface area contributed by atoms with Crippen LogP contribution in [0.3, 0.4) is 0 Å². The largest absolute Gasteiger partial charge is 0.379 e. The van der Waals surface area contributed by atoms with E-state index in [-0.39, 0.29) is 21.6 Å². The first-order valence-corrected chi connectivity index (χ1v) is 12.5. The van der Waals surface area contributed by atoms with Crippen molar-refractivity contribution in [3.05, 3.63) is 59.6 Å². The third kappa shape index (κ3) is 4.62. The van der Waals surface area contributed by atoms with Crippen LogP contribution in [0.4, 0.5) is 10.1 Å². The smallest absolute Gasteiger partial charge is 0.264 e. The zero-order valence-corrected chi connectivity index (χ0v) is 20.3. The zero-order chi connectivity index (χ0) is 23.8. The van der Waals surface area contributed by atoms with Crippen molar-refractivity contribution in [1.82, 2.24) is 14.8 Å². The Morgan fingerprint density at radius 3 is 2.58 bits per heavy atom. The van der Waals surface area contributed by atoms with E-state index in [4.69, 9.17) is 16.3 Å². The summed E-state index contributed by atoms with van der Waals surface area (Å²) in [6, 6.07) is 10.6. The van der Waals surface area contributed by atoms with E-state index in [1.54, 1.807) is 45.3 Å². The summed E-state index contributed by atoms with van der Waals surface area (Å²) in [5.74, 6) is -0.320. The predicted octanol–water partition coefficient (Wildman–Crippen LogP) is 5.08. The summed E-state index contributed by atoms with van der Waals surface area (Å²) in [5, 5.41) is 8.20. The molecule has 0 saturated carbocycles. The molecule has 2 aromatic carbocycles. The van der Waals surface area contributed by atoms with Gasteiger partial charge in [-0.1, -0.05) is 29.8 Å². The van der Waals surface area contributed by atoms with Crippen LogP contribution in [0.25, 0.3) is 11.4 Å². The Labute approximate surface area is 198 Å². The van der Waals surface area contributed by atoms with Crippen LogP contribution in [-0.4, -0.2) is 41.9 Å². The maximum Gasteiger partial charge on any atom is 0.264 e. The average molecular weight is 493 g/mol. The SMILES string of the molecule is CC(C)(C)N(c1cc(F)c(Cl)cc1-c1nncn1C1CCCOC1)S(=O)(=O)c1ccccc1. The summed E-state index contributed by atoms with van der Waals surface area (Å²) in [6.45, 7) is 6.44. The van der Waals surface area contributed by atoms with Crippen molar-refractivity contribution in [1.29, 1.82) is 0 Å². The molecule has 176 valence electrons. The molecule has 0 bridgehead atoms. The molecular weight excluding hydrogens is 467 g/mol. The number of aromatic nitrogens is 3. The van der Waals surface area contributed by atoms with Gasteiger partial charge in [-0.3, -0.25) is 4.31 Å². The minimum Gasteiger partial charge on any atom is -0.379 e. The Bertz CT molecular complexity index is 1240. The molecule has 0 N–H and O–H groups in total. The van der Waals surface area contributed by atoms with E-state index in [0.717, 1.165) is 18.9 Å². The highest BCUT2D eigenvalue weighted by atomic mass is 35.5. The second-order valence-corrected chi connectivity index (χ2v) is 11.2. The van der Waals surface area contributed by atoms with E-state index < -0.39 is 21.4 Å². The molecule has 0 radical (unpaired) electrons. The minimum atomic E-state index is -4.05. The molecule has 1 fully saturated rings. The first-order chi connectivity index (χ1) is 15.6. The molecule has 1 aliphatic rings. The summed E-state index contributed by atoms with van der Waals surface area (Å²) in [6.07, 6.45) is 3.33. The molecule has 1 unspecified atom stereocenters. The van der Waals surface area contributed by atoms with Crippen LogP contribution in [0, 0.1) is 5.82 Å². The summed E-state index contributed by atoms with van der Waals surface area (Å²) >= 11 is 6.17. The molecule has 4 rings (SSSR count). The Balaban J connectivity index is 1.94. The van der Waals surface area contributed by atoms with Crippen LogP contribution in [-0.2, 0) is 14.8 Å². The van der Waals surface area contributed by atoms with Gasteiger partial charge in [0.25, 0.3) is 10.0 Å². The van der Waals surface area contributed by atoms with Gasteiger partial charge in [0, 0.05) is 23.8 Å². The maximum absolute atomic E-state index is 14.8. The van der Waals surface area contributed by atoms with Gasteiger partial charge in [0.1, 0.15) is 12.1 Å². The fraction of sp³-hybridized carbons (Fsp3) is 0.391. The monoisotopic (exact) mass is 492 g/mol. The molecule has 1 aromatic heterocycles. The highest BCUT2D eigenvalue weighted by molar-refractivity contribution is 7.93. The van der Waals surface area contributed by atoms with Crippen molar-refractivity contribution in [3.63, 3.8) is 0 Å². The molecule has 2 heterocycles. The summed E-state index contributed by atoms with van der Waals surface area (Å²) in [7, 11) is -4.05. The molecule has 1 aliphatic heterocycles. The van der Waals surface area contributed by atoms with Crippen molar-refractivity contribution in [3.8, 4) is 11.4 Å². The quantitative estimate of drug-likeness (QED) is 0.496. The van der Waals surface area contributed by atoms with Gasteiger partial charge in [-0.05, 0) is 51.8 Å². The molecular formula is C23H26ClFN4O3S. The van der Waals surface area contributed by atoms with Crippen molar-refractivity contribution < 1.29 is 17.5 Å². The minimum absolute atomic E-state index is 0.0192. The van der Waals surface area contributed by atoms with Gasteiger partial charge in [-0.2, -0.15) is 0 Å². The molecule has 1 atom stereocenters. The van der Waals surface area contributed by atoms with Crippen LogP contribution < -0.4 is 4.31 Å². The van der Waals surface area contributed by atoms with Crippen LogP contribution in [0.2, 0.25) is 5.02 Å². The van der Waals surface area contributed by atoms with Gasteiger partial charge in [0.2, 0.25) is 0 Å². The van der Waals surface area contributed by atoms with E-state index in [0.29, 0.717) is 24.6 Å². The molecule has 0 aliphatic carbocycles. The lowest BCUT2D eigenvalue weighted by Crippen LogP contribution is -2.46. The van der Waals surface area contributed by atoms with E-state index in [9.17, 15) is 12.8 Å². The van der Waals surface area contributed by atoms with Gasteiger partial charge >= 0.3 is 0 Å². The average Bonchev–Trinajstić information content (AvgIpc) is 3.26. The van der Waals surface area contributed by atoms with Gasteiger partial charge < -0.3 is 9.30 Å². The summed E-state index contributed by atoms with van der Waals surface area (Å²) in [5.41, 5.74) is -0.416. The first kappa shape index (κ1) is 23.7. The first-order valence-electron chi connectivity index (χ1n) is 10.7. The molecule has 1 saturated heterocycles. The topological polar surface area (TPSA) is 77.3 Å². The number of nitrogens with zero attached hydrogens (tertiary/aromatic N) is 4. The van der Waals surface area contributed by atoms with E-state index >= 15 is 0 Å². The van der Waals surface area contributed by atoms with E-state index in [1.165, 1.54) is 22.5 Å². The summed E-state index contributed by atoms with van der Waals surface area (Å²) in [4.78, 5) is 0.100. The fourth-order valence-corrected chi connectivity index (χ4v) is 6.09. The van der Waals surface area contributed by atoms with E-state index in [1.807, 2.05) is 4.57 Å². The number of hydrogen-bond acceptors (Lipinski definition) is 5. The van der Waals surface area contributed by atoms with Gasteiger partial charge in [0.15, 0.2) is 5.82 Å². The maximum atomic E-state index is 14.8. The third-order valence-electron chi connectivity index (χ3n) is 5.49. The van der Waals surface area contributed by atoms with Crippen LogP contribution in [0.5, 0.6) is 0 Å². The number of benzene rings is 2. The molecule has 33 heavy (non-hydrogen) atoms. The van der Waals surface area contributed by atoms with Gasteiger partial charge in [-0.25, -0.2) is 12.8 Å². The Kier molecular flexibility index (Phi) is 6.48. The number of ether oxygens (including phenoxy) is 1. The lowest BCUT2D eigenvalue weighted by Gasteiger charge is -2.37. The lowest BCUT2D eigenvalue weighted by molar-refractivity contribution is 0.0596. The van der Waals surface area contributed by atoms with Gasteiger partial charge in [0.05, 0.1) is 28.3 Å². The molecule has 10 heteroatoms. The predicted molar refractivity (Wildman–Crippen MR) is 125 cm³/mol. The summed E-state index contributed by atoms with van der Waals surface area (Å²) < 4.78 is 51.0. The Morgan fingerprint density at radius 2 is 1.94 bits per heavy atom. The van der Waals surface area contributed by atoms with Gasteiger partial charge in [-0.15, -0.1) is 10.2 Å². The Morgan fingerprint density at radius 1 is 1.21 bits per heavy atom. The van der Waals surface area contributed by atoms with Crippen LogP contribution in [0.1, 0.15) is 39.7 Å². The van der Waals surface area contributed by atoms with Crippen molar-refractivity contribution in [2.24, 2.45) is 0 Å². The van der Waals surface area contributed by atoms with Crippen LogP contribution in [0.15, 0.2) is 53.7 Å². The lowest BCUT2D eigenvalue weighted by atomic mass is 10.0. The van der Waals surface area contributed by atoms with Crippen molar-refractivity contribution >= 4 is 27.3 Å². The number of hydrogen-bond donors (Lipinski definition) is 0. The number of rotatable bonds is 5. The van der Waals surface area contributed by atoms with Crippen LogP contribution >= 0.6 is 11.6 Å². The second-order valence-electron chi connectivity index (χ2n) is 8.97.